The number of aromatic nitrogens is 3. The van der Waals surface area contributed by atoms with E-state index in [1.165, 1.54) is 5.56 Å². The van der Waals surface area contributed by atoms with Gasteiger partial charge in [-0.2, -0.15) is 5.10 Å². The predicted molar refractivity (Wildman–Crippen MR) is 100 cm³/mol. The van der Waals surface area contributed by atoms with E-state index in [4.69, 9.17) is 4.42 Å². The normalized spacial score (nSPS) is 15.6. The molecule has 0 aliphatic carbocycles. The van der Waals surface area contributed by atoms with Crippen molar-refractivity contribution in [3.8, 4) is 0 Å². The van der Waals surface area contributed by atoms with E-state index in [1.807, 2.05) is 35.5 Å². The molecule has 0 unspecified atom stereocenters. The molecule has 1 aliphatic heterocycles. The van der Waals surface area contributed by atoms with Gasteiger partial charge in [0.1, 0.15) is 5.76 Å². The molecule has 27 heavy (non-hydrogen) atoms. The third kappa shape index (κ3) is 4.43. The quantitative estimate of drug-likeness (QED) is 0.694. The zero-order chi connectivity index (χ0) is 18.5. The van der Waals surface area contributed by atoms with Crippen molar-refractivity contribution in [2.75, 3.05) is 26.2 Å². The molecular formula is C20H23N5O2. The lowest BCUT2D eigenvalue weighted by atomic mass is 10.2. The van der Waals surface area contributed by atoms with Gasteiger partial charge in [-0.05, 0) is 36.2 Å². The first kappa shape index (κ1) is 17.5. The summed E-state index contributed by atoms with van der Waals surface area (Å²) in [4.78, 5) is 21.2. The van der Waals surface area contributed by atoms with Crippen LogP contribution in [0.15, 0.2) is 59.5 Å². The van der Waals surface area contributed by atoms with Crippen LogP contribution in [-0.4, -0.2) is 56.7 Å². The Hall–Kier alpha value is -2.93. The Morgan fingerprint density at radius 3 is 2.81 bits per heavy atom. The van der Waals surface area contributed by atoms with E-state index in [0.29, 0.717) is 18.8 Å². The summed E-state index contributed by atoms with van der Waals surface area (Å²) in [7, 11) is 0. The maximum atomic E-state index is 12.8. The van der Waals surface area contributed by atoms with Crippen molar-refractivity contribution in [2.24, 2.45) is 0 Å². The fourth-order valence-electron chi connectivity index (χ4n) is 3.37. The summed E-state index contributed by atoms with van der Waals surface area (Å²) < 4.78 is 7.53. The van der Waals surface area contributed by atoms with E-state index in [9.17, 15) is 4.79 Å². The van der Waals surface area contributed by atoms with Gasteiger partial charge in [0.05, 0.1) is 6.54 Å². The lowest BCUT2D eigenvalue weighted by Crippen LogP contribution is -2.34. The van der Waals surface area contributed by atoms with Crippen molar-refractivity contribution in [1.29, 1.82) is 0 Å². The fourth-order valence-corrected chi connectivity index (χ4v) is 3.37. The van der Waals surface area contributed by atoms with Crippen LogP contribution >= 0.6 is 0 Å². The smallest absolute Gasteiger partial charge is 0.289 e. The van der Waals surface area contributed by atoms with E-state index in [2.05, 4.69) is 21.0 Å². The minimum Gasteiger partial charge on any atom is -0.454 e. The van der Waals surface area contributed by atoms with Crippen LogP contribution < -0.4 is 0 Å². The Kier molecular flexibility index (Phi) is 5.29. The number of furan rings is 1. The molecule has 7 nitrogen and oxygen atoms in total. The van der Waals surface area contributed by atoms with Crippen LogP contribution in [0.1, 0.15) is 28.3 Å². The van der Waals surface area contributed by atoms with E-state index in [1.54, 1.807) is 23.1 Å². The molecule has 3 aromatic rings. The molecule has 0 saturated carbocycles. The van der Waals surface area contributed by atoms with E-state index in [-0.39, 0.29) is 5.91 Å². The van der Waals surface area contributed by atoms with Crippen molar-refractivity contribution >= 4 is 5.91 Å². The van der Waals surface area contributed by atoms with Gasteiger partial charge in [-0.25, -0.2) is 0 Å². The molecule has 7 heteroatoms. The summed E-state index contributed by atoms with van der Waals surface area (Å²) in [5.74, 6) is 1.10. The molecule has 140 valence electrons. The second-order valence-corrected chi connectivity index (χ2v) is 6.75. The lowest BCUT2D eigenvalue weighted by molar-refractivity contribution is 0.0727. The molecular weight excluding hydrogens is 342 g/mol. The van der Waals surface area contributed by atoms with Crippen LogP contribution in [0.5, 0.6) is 0 Å². The minimum absolute atomic E-state index is 0.0371. The summed E-state index contributed by atoms with van der Waals surface area (Å²) in [6.07, 6.45) is 8.24. The van der Waals surface area contributed by atoms with Gasteiger partial charge in [-0.3, -0.25) is 19.4 Å². The average Bonchev–Trinajstić information content (AvgIpc) is 3.32. The Balaban J connectivity index is 1.34. The molecule has 1 saturated heterocycles. The topological polar surface area (TPSA) is 67.4 Å². The number of hydrogen-bond acceptors (Lipinski definition) is 5. The highest BCUT2D eigenvalue weighted by Crippen LogP contribution is 2.15. The summed E-state index contributed by atoms with van der Waals surface area (Å²) >= 11 is 0. The van der Waals surface area contributed by atoms with E-state index >= 15 is 0 Å². The predicted octanol–water partition coefficient (Wildman–Crippen LogP) is 2.27. The van der Waals surface area contributed by atoms with Gasteiger partial charge in [0.2, 0.25) is 0 Å². The Morgan fingerprint density at radius 2 is 2.00 bits per heavy atom. The SMILES string of the molecule is O=C(c1ccc(Cn2cccn2)o1)N1CCCN(Cc2cccnc2)CC1. The van der Waals surface area contributed by atoms with Gasteiger partial charge in [0, 0.05) is 57.5 Å². The number of amides is 1. The molecule has 3 aromatic heterocycles. The molecule has 0 spiro atoms. The summed E-state index contributed by atoms with van der Waals surface area (Å²) in [6, 6.07) is 9.52. The number of pyridine rings is 1. The van der Waals surface area contributed by atoms with E-state index < -0.39 is 0 Å². The molecule has 4 rings (SSSR count). The number of hydrogen-bond donors (Lipinski definition) is 0. The maximum absolute atomic E-state index is 12.8. The van der Waals surface area contributed by atoms with E-state index in [0.717, 1.165) is 38.4 Å². The second kappa shape index (κ2) is 8.18. The number of carbonyl (C=O) groups excluding carboxylic acids is 1. The van der Waals surface area contributed by atoms with Crippen molar-refractivity contribution in [3.63, 3.8) is 0 Å². The van der Waals surface area contributed by atoms with Gasteiger partial charge in [-0.1, -0.05) is 6.07 Å². The van der Waals surface area contributed by atoms with Gasteiger partial charge < -0.3 is 9.32 Å². The zero-order valence-electron chi connectivity index (χ0n) is 15.2. The second-order valence-electron chi connectivity index (χ2n) is 6.75. The van der Waals surface area contributed by atoms with Crippen molar-refractivity contribution in [2.45, 2.75) is 19.5 Å². The molecule has 0 aromatic carbocycles. The molecule has 0 bridgehead atoms. The zero-order valence-corrected chi connectivity index (χ0v) is 15.2. The van der Waals surface area contributed by atoms with Gasteiger partial charge >= 0.3 is 0 Å². The molecule has 0 atom stereocenters. The van der Waals surface area contributed by atoms with Crippen LogP contribution in [0.3, 0.4) is 0 Å². The highest BCUT2D eigenvalue weighted by Gasteiger charge is 2.22. The largest absolute Gasteiger partial charge is 0.454 e. The Labute approximate surface area is 158 Å². The highest BCUT2D eigenvalue weighted by atomic mass is 16.4. The van der Waals surface area contributed by atoms with Crippen LogP contribution in [-0.2, 0) is 13.1 Å². The molecule has 1 aliphatic rings. The van der Waals surface area contributed by atoms with Gasteiger partial charge in [0.15, 0.2) is 5.76 Å². The highest BCUT2D eigenvalue weighted by molar-refractivity contribution is 5.91. The molecule has 4 heterocycles. The van der Waals surface area contributed by atoms with Crippen LogP contribution in [0.25, 0.3) is 0 Å². The molecule has 0 N–H and O–H groups in total. The number of nitrogens with zero attached hydrogens (tertiary/aromatic N) is 5. The third-order valence-corrected chi connectivity index (χ3v) is 4.75. The van der Waals surface area contributed by atoms with Crippen LogP contribution in [0.4, 0.5) is 0 Å². The molecule has 1 fully saturated rings. The minimum atomic E-state index is -0.0371. The van der Waals surface area contributed by atoms with Crippen molar-refractivity contribution in [1.82, 2.24) is 24.6 Å². The number of carbonyl (C=O) groups is 1. The standard InChI is InChI=1S/C20H23N5O2/c26-20(19-6-5-18(27-19)16-25-11-2-8-22-25)24-10-3-9-23(12-13-24)15-17-4-1-7-21-14-17/h1-2,4-8,11,14H,3,9-10,12-13,15-16H2. The maximum Gasteiger partial charge on any atom is 0.289 e. The fraction of sp³-hybridized carbons (Fsp3) is 0.350. The monoisotopic (exact) mass is 365 g/mol. The van der Waals surface area contributed by atoms with Crippen LogP contribution in [0.2, 0.25) is 0 Å². The third-order valence-electron chi connectivity index (χ3n) is 4.75. The van der Waals surface area contributed by atoms with Gasteiger partial charge in [-0.15, -0.1) is 0 Å². The average molecular weight is 365 g/mol. The summed E-state index contributed by atoms with van der Waals surface area (Å²) in [5, 5.41) is 4.16. The Bertz CT molecular complexity index is 860. The van der Waals surface area contributed by atoms with Crippen LogP contribution in [0, 0.1) is 0 Å². The lowest BCUT2D eigenvalue weighted by Gasteiger charge is -2.21. The van der Waals surface area contributed by atoms with Gasteiger partial charge in [0.25, 0.3) is 5.91 Å². The Morgan fingerprint density at radius 1 is 1.04 bits per heavy atom. The van der Waals surface area contributed by atoms with Crippen molar-refractivity contribution < 1.29 is 9.21 Å². The number of rotatable bonds is 5. The summed E-state index contributed by atoms with van der Waals surface area (Å²) in [6.45, 7) is 4.67. The first-order chi connectivity index (χ1) is 13.3. The molecule has 0 radical (unpaired) electrons. The molecule has 1 amide bonds. The van der Waals surface area contributed by atoms with Crippen molar-refractivity contribution in [3.05, 3.63) is 72.2 Å². The summed E-state index contributed by atoms with van der Waals surface area (Å²) in [5.41, 5.74) is 1.20. The first-order valence-corrected chi connectivity index (χ1v) is 9.24. The first-order valence-electron chi connectivity index (χ1n) is 9.24.